The Hall–Kier alpha value is -2.70. The van der Waals surface area contributed by atoms with Gasteiger partial charge >= 0.3 is 23.8 Å². The van der Waals surface area contributed by atoms with E-state index in [0.29, 0.717) is 12.1 Å². The molecule has 2 aromatic rings. The van der Waals surface area contributed by atoms with Crippen LogP contribution in [-0.4, -0.2) is 11.9 Å². The summed E-state index contributed by atoms with van der Waals surface area (Å²) in [5, 5.41) is 0. The molecule has 0 aliphatic carbocycles. The molecule has 1 heterocycles. The number of ether oxygens (including phenoxy) is 1. The molecule has 0 N–H and O–H groups in total. The Balaban J connectivity index is 2.09. The van der Waals surface area contributed by atoms with Crippen molar-refractivity contribution in [2.24, 2.45) is 0 Å². The zero-order valence-electron chi connectivity index (χ0n) is 11.4. The summed E-state index contributed by atoms with van der Waals surface area (Å²) in [6.07, 6.45) is 0. The fourth-order valence-electron chi connectivity index (χ4n) is 2.29. The first-order chi connectivity index (χ1) is 10.7. The fraction of sp³-hybridized carbons (Fsp3) is 0.125. The molecule has 0 radical (unpaired) electrons. The first-order valence-electron chi connectivity index (χ1n) is 6.47. The van der Waals surface area contributed by atoms with Gasteiger partial charge in [-0.1, -0.05) is 36.4 Å². The maximum atomic E-state index is 14.3. The van der Waals surface area contributed by atoms with Gasteiger partial charge in [-0.3, -0.25) is 0 Å². The third-order valence-electron chi connectivity index (χ3n) is 3.54. The lowest BCUT2D eigenvalue weighted by atomic mass is 9.94. The number of esters is 2. The van der Waals surface area contributed by atoms with Crippen molar-refractivity contribution in [1.29, 1.82) is 0 Å². The Morgan fingerprint density at radius 2 is 1.26 bits per heavy atom. The van der Waals surface area contributed by atoms with Gasteiger partial charge in [0.2, 0.25) is 0 Å². The molecule has 23 heavy (non-hydrogen) atoms. The van der Waals surface area contributed by atoms with E-state index in [4.69, 9.17) is 0 Å². The van der Waals surface area contributed by atoms with Gasteiger partial charge in [-0.15, -0.1) is 0 Å². The summed E-state index contributed by atoms with van der Waals surface area (Å²) >= 11 is 0. The van der Waals surface area contributed by atoms with Crippen LogP contribution in [0.4, 0.5) is 17.6 Å². The summed E-state index contributed by atoms with van der Waals surface area (Å²) in [5.74, 6) is -11.2. The smallest absolute Gasteiger partial charge is 0.346 e. The highest BCUT2D eigenvalue weighted by molar-refractivity contribution is 6.14. The number of halogens is 4. The van der Waals surface area contributed by atoms with Gasteiger partial charge in [-0.25, -0.2) is 9.59 Å². The molecule has 118 valence electrons. The zero-order chi connectivity index (χ0) is 16.8. The van der Waals surface area contributed by atoms with Gasteiger partial charge in [0.05, 0.1) is 11.1 Å². The highest BCUT2D eigenvalue weighted by Gasteiger charge is 2.58. The normalized spacial score (nSPS) is 14.6. The summed E-state index contributed by atoms with van der Waals surface area (Å²) in [5.41, 5.74) is -2.60. The lowest BCUT2D eigenvalue weighted by Crippen LogP contribution is -2.35. The van der Waals surface area contributed by atoms with E-state index in [0.717, 1.165) is 18.2 Å². The average Bonchev–Trinajstić information content (AvgIpc) is 2.82. The van der Waals surface area contributed by atoms with Gasteiger partial charge in [0, 0.05) is 11.1 Å². The minimum Gasteiger partial charge on any atom is -0.386 e. The van der Waals surface area contributed by atoms with Crippen LogP contribution in [0.2, 0.25) is 0 Å². The van der Waals surface area contributed by atoms with Crippen molar-refractivity contribution in [3.8, 4) is 0 Å². The topological polar surface area (TPSA) is 43.4 Å². The number of rotatable bonds is 3. The second-order valence-corrected chi connectivity index (χ2v) is 4.95. The van der Waals surface area contributed by atoms with Crippen molar-refractivity contribution in [3.63, 3.8) is 0 Å². The van der Waals surface area contributed by atoms with E-state index in [1.165, 1.54) is 18.2 Å². The maximum Gasteiger partial charge on any atom is 0.346 e. The number of fused-ring (bicyclic) bond motifs is 1. The van der Waals surface area contributed by atoms with E-state index in [2.05, 4.69) is 4.74 Å². The van der Waals surface area contributed by atoms with Gasteiger partial charge < -0.3 is 4.74 Å². The van der Waals surface area contributed by atoms with Crippen LogP contribution in [0.1, 0.15) is 31.8 Å². The Morgan fingerprint density at radius 3 is 1.91 bits per heavy atom. The predicted octanol–water partition coefficient (Wildman–Crippen LogP) is 3.88. The molecule has 0 spiro atoms. The lowest BCUT2D eigenvalue weighted by Gasteiger charge is -2.27. The molecule has 1 aliphatic rings. The van der Waals surface area contributed by atoms with Crippen LogP contribution in [0.15, 0.2) is 48.5 Å². The molecule has 3 nitrogen and oxygen atoms in total. The van der Waals surface area contributed by atoms with E-state index in [1.54, 1.807) is 0 Å². The Labute approximate surface area is 127 Å². The molecule has 0 bridgehead atoms. The Morgan fingerprint density at radius 1 is 0.696 bits per heavy atom. The highest BCUT2D eigenvalue weighted by Crippen LogP contribution is 2.49. The van der Waals surface area contributed by atoms with Gasteiger partial charge in [-0.05, 0) is 12.1 Å². The molecule has 0 aromatic heterocycles. The van der Waals surface area contributed by atoms with Crippen molar-refractivity contribution in [2.75, 3.05) is 0 Å². The highest BCUT2D eigenvalue weighted by atomic mass is 19.3. The molecule has 0 saturated carbocycles. The van der Waals surface area contributed by atoms with Crippen molar-refractivity contribution < 1.29 is 31.9 Å². The molecular weight excluding hydrogens is 316 g/mol. The quantitative estimate of drug-likeness (QED) is 0.489. The number of carbonyl (C=O) groups excluding carboxylic acids is 2. The third kappa shape index (κ3) is 2.19. The number of hydrogen-bond donors (Lipinski definition) is 0. The van der Waals surface area contributed by atoms with Crippen molar-refractivity contribution in [2.45, 2.75) is 11.8 Å². The summed E-state index contributed by atoms with van der Waals surface area (Å²) in [6.45, 7) is 0. The number of alkyl halides is 4. The summed E-state index contributed by atoms with van der Waals surface area (Å²) in [7, 11) is 0. The molecule has 1 aliphatic heterocycles. The summed E-state index contributed by atoms with van der Waals surface area (Å²) in [4.78, 5) is 22.7. The summed E-state index contributed by atoms with van der Waals surface area (Å²) in [6, 6.07) is 7.78. The first-order valence-corrected chi connectivity index (χ1v) is 6.47. The third-order valence-corrected chi connectivity index (χ3v) is 3.54. The van der Waals surface area contributed by atoms with Crippen molar-refractivity contribution in [1.82, 2.24) is 0 Å². The molecule has 0 amide bonds. The summed E-state index contributed by atoms with van der Waals surface area (Å²) < 4.78 is 61.3. The molecule has 3 rings (SSSR count). The van der Waals surface area contributed by atoms with Crippen LogP contribution in [-0.2, 0) is 16.6 Å². The van der Waals surface area contributed by atoms with Crippen LogP contribution in [0, 0.1) is 0 Å². The van der Waals surface area contributed by atoms with E-state index >= 15 is 0 Å². The van der Waals surface area contributed by atoms with Crippen LogP contribution in [0.3, 0.4) is 0 Å². The zero-order valence-corrected chi connectivity index (χ0v) is 11.4. The minimum atomic E-state index is -4.57. The average molecular weight is 324 g/mol. The second-order valence-electron chi connectivity index (χ2n) is 4.95. The largest absolute Gasteiger partial charge is 0.386 e. The molecule has 2 aromatic carbocycles. The number of benzene rings is 2. The van der Waals surface area contributed by atoms with E-state index in [1.807, 2.05) is 0 Å². The Bertz CT molecular complexity index is 800. The predicted molar refractivity (Wildman–Crippen MR) is 70.4 cm³/mol. The van der Waals surface area contributed by atoms with Gasteiger partial charge in [-0.2, -0.15) is 17.6 Å². The van der Waals surface area contributed by atoms with E-state index in [9.17, 15) is 27.2 Å². The SMILES string of the molecule is O=C1OC(=O)c2cc(C(F)(F)C(F)(F)c3ccccc3)ccc21. The standard InChI is InChI=1S/C16H8F4O3/c17-15(18,9-4-2-1-3-5-9)16(19,20)10-6-7-11-12(8-10)14(22)23-13(11)21/h1-8H. The first kappa shape index (κ1) is 15.2. The van der Waals surface area contributed by atoms with Crippen molar-refractivity contribution in [3.05, 3.63) is 70.8 Å². The van der Waals surface area contributed by atoms with Crippen LogP contribution < -0.4 is 0 Å². The van der Waals surface area contributed by atoms with Gasteiger partial charge in [0.1, 0.15) is 0 Å². The Kier molecular flexibility index (Phi) is 3.24. The number of hydrogen-bond acceptors (Lipinski definition) is 3. The molecule has 0 fully saturated rings. The minimum absolute atomic E-state index is 0.224. The van der Waals surface area contributed by atoms with Gasteiger partial charge in [0.15, 0.2) is 0 Å². The van der Waals surface area contributed by atoms with E-state index < -0.39 is 40.5 Å². The number of cyclic esters (lactones) is 2. The van der Waals surface area contributed by atoms with Gasteiger partial charge in [0.25, 0.3) is 0 Å². The van der Waals surface area contributed by atoms with Crippen LogP contribution >= 0.6 is 0 Å². The second kappa shape index (κ2) is 4.91. The lowest BCUT2D eigenvalue weighted by molar-refractivity contribution is -0.223. The molecule has 0 atom stereocenters. The number of carbonyl (C=O) groups is 2. The monoisotopic (exact) mass is 324 g/mol. The fourth-order valence-corrected chi connectivity index (χ4v) is 2.29. The van der Waals surface area contributed by atoms with E-state index in [-0.39, 0.29) is 5.56 Å². The van der Waals surface area contributed by atoms with Crippen LogP contribution in [0.25, 0.3) is 0 Å². The molecule has 7 heteroatoms. The molecule has 0 unspecified atom stereocenters. The molecular formula is C16H8F4O3. The molecule has 0 saturated heterocycles. The van der Waals surface area contributed by atoms with Crippen LogP contribution in [0.5, 0.6) is 0 Å². The van der Waals surface area contributed by atoms with Crippen molar-refractivity contribution >= 4 is 11.9 Å². The maximum absolute atomic E-state index is 14.3.